The molecule has 1 saturated heterocycles. The highest BCUT2D eigenvalue weighted by Crippen LogP contribution is 2.48. The number of aliphatic carboxylic acids is 1. The molecule has 4 nitrogen and oxygen atoms in total. The molecule has 0 radical (unpaired) electrons. The van der Waals surface area contributed by atoms with E-state index in [2.05, 4.69) is 25.7 Å². The third-order valence-electron chi connectivity index (χ3n) is 5.11. The zero-order chi connectivity index (χ0) is 14.1. The van der Waals surface area contributed by atoms with Crippen LogP contribution in [-0.2, 0) is 9.53 Å². The summed E-state index contributed by atoms with van der Waals surface area (Å²) in [6.45, 7) is 10.0. The second kappa shape index (κ2) is 5.41. The molecule has 1 saturated carbocycles. The Balaban J connectivity index is 2.21. The van der Waals surface area contributed by atoms with Gasteiger partial charge < -0.3 is 9.84 Å². The van der Waals surface area contributed by atoms with Crippen molar-refractivity contribution < 1.29 is 14.6 Å². The first-order chi connectivity index (χ1) is 8.86. The van der Waals surface area contributed by atoms with Crippen molar-refractivity contribution in [2.75, 3.05) is 26.3 Å². The average molecular weight is 269 g/mol. The van der Waals surface area contributed by atoms with E-state index in [0.29, 0.717) is 11.3 Å². The van der Waals surface area contributed by atoms with Crippen LogP contribution in [0.25, 0.3) is 0 Å². The smallest absolute Gasteiger partial charge is 0.305 e. The van der Waals surface area contributed by atoms with Crippen LogP contribution in [0.2, 0.25) is 0 Å². The van der Waals surface area contributed by atoms with Gasteiger partial charge in [-0.25, -0.2) is 0 Å². The Hall–Kier alpha value is -0.610. The first-order valence-corrected chi connectivity index (χ1v) is 7.40. The second-order valence-corrected chi connectivity index (χ2v) is 7.04. The van der Waals surface area contributed by atoms with E-state index in [9.17, 15) is 9.90 Å². The van der Waals surface area contributed by atoms with E-state index >= 15 is 0 Å². The maximum atomic E-state index is 11.4. The molecule has 2 unspecified atom stereocenters. The number of nitrogens with zero attached hydrogens (tertiary/aromatic N) is 1. The highest BCUT2D eigenvalue weighted by molar-refractivity contribution is 5.68. The molecular formula is C15H27NO3. The highest BCUT2D eigenvalue weighted by Gasteiger charge is 2.48. The molecule has 1 aliphatic heterocycles. The summed E-state index contributed by atoms with van der Waals surface area (Å²) in [7, 11) is 0. The van der Waals surface area contributed by atoms with E-state index in [-0.39, 0.29) is 12.0 Å². The largest absolute Gasteiger partial charge is 0.481 e. The molecule has 1 aliphatic carbocycles. The number of rotatable bonds is 3. The van der Waals surface area contributed by atoms with Gasteiger partial charge >= 0.3 is 5.97 Å². The van der Waals surface area contributed by atoms with Crippen molar-refractivity contribution in [3.05, 3.63) is 0 Å². The van der Waals surface area contributed by atoms with Crippen molar-refractivity contribution >= 4 is 5.97 Å². The molecule has 1 heterocycles. The summed E-state index contributed by atoms with van der Waals surface area (Å²) >= 11 is 0. The molecule has 0 bridgehead atoms. The van der Waals surface area contributed by atoms with Crippen molar-refractivity contribution in [3.8, 4) is 0 Å². The Morgan fingerprint density at radius 2 is 1.95 bits per heavy atom. The monoisotopic (exact) mass is 269 g/mol. The Kier molecular flexibility index (Phi) is 4.21. The van der Waals surface area contributed by atoms with Crippen LogP contribution in [0.4, 0.5) is 0 Å². The summed E-state index contributed by atoms with van der Waals surface area (Å²) in [5, 5.41) is 9.35. The Morgan fingerprint density at radius 3 is 2.47 bits per heavy atom. The molecule has 1 N–H and O–H groups in total. The van der Waals surface area contributed by atoms with E-state index < -0.39 is 5.97 Å². The zero-order valence-corrected chi connectivity index (χ0v) is 12.4. The highest BCUT2D eigenvalue weighted by atomic mass is 16.5. The molecule has 2 aliphatic rings. The molecular weight excluding hydrogens is 242 g/mol. The average Bonchev–Trinajstić information content (AvgIpc) is 2.33. The van der Waals surface area contributed by atoms with E-state index in [1.165, 1.54) is 0 Å². The van der Waals surface area contributed by atoms with Crippen LogP contribution < -0.4 is 0 Å². The molecule has 0 aromatic carbocycles. The fourth-order valence-corrected chi connectivity index (χ4v) is 4.04. The summed E-state index contributed by atoms with van der Waals surface area (Å²) in [6, 6.07) is 0. The van der Waals surface area contributed by atoms with E-state index in [1.807, 2.05) is 0 Å². The quantitative estimate of drug-likeness (QED) is 0.854. The summed E-state index contributed by atoms with van der Waals surface area (Å²) < 4.78 is 5.43. The van der Waals surface area contributed by atoms with Gasteiger partial charge in [0.2, 0.25) is 0 Å². The van der Waals surface area contributed by atoms with Crippen LogP contribution in [0.15, 0.2) is 0 Å². The topological polar surface area (TPSA) is 49.8 Å². The van der Waals surface area contributed by atoms with Gasteiger partial charge in [0.05, 0.1) is 19.6 Å². The van der Waals surface area contributed by atoms with Crippen molar-refractivity contribution in [1.29, 1.82) is 0 Å². The van der Waals surface area contributed by atoms with Gasteiger partial charge in [-0.1, -0.05) is 20.8 Å². The number of hydrogen-bond acceptors (Lipinski definition) is 3. The van der Waals surface area contributed by atoms with E-state index in [0.717, 1.165) is 45.6 Å². The lowest BCUT2D eigenvalue weighted by molar-refractivity contribution is -0.147. The molecule has 2 fully saturated rings. The van der Waals surface area contributed by atoms with Crippen molar-refractivity contribution in [2.24, 2.45) is 11.3 Å². The normalized spacial score (nSPS) is 36.1. The Bertz CT molecular complexity index is 336. The van der Waals surface area contributed by atoms with Crippen LogP contribution in [0.3, 0.4) is 0 Å². The minimum atomic E-state index is -0.668. The lowest BCUT2D eigenvalue weighted by Crippen LogP contribution is -2.60. The van der Waals surface area contributed by atoms with Crippen molar-refractivity contribution in [2.45, 2.75) is 52.0 Å². The van der Waals surface area contributed by atoms with Crippen molar-refractivity contribution in [1.82, 2.24) is 4.90 Å². The lowest BCUT2D eigenvalue weighted by atomic mass is 9.62. The van der Waals surface area contributed by atoms with Gasteiger partial charge in [-0.3, -0.25) is 9.69 Å². The molecule has 2 atom stereocenters. The molecule has 19 heavy (non-hydrogen) atoms. The SMILES string of the molecule is CC1CC(C)(C)CCC1(CC(=O)O)N1CCOCC1. The summed E-state index contributed by atoms with van der Waals surface area (Å²) in [4.78, 5) is 13.8. The first kappa shape index (κ1) is 14.8. The predicted molar refractivity (Wildman–Crippen MR) is 74.2 cm³/mol. The van der Waals surface area contributed by atoms with Gasteiger partial charge in [-0.05, 0) is 30.6 Å². The third-order valence-corrected chi connectivity index (χ3v) is 5.11. The minimum absolute atomic E-state index is 0.162. The summed E-state index contributed by atoms with van der Waals surface area (Å²) in [5.74, 6) is -0.247. The number of carbonyl (C=O) groups is 1. The second-order valence-electron chi connectivity index (χ2n) is 7.04. The predicted octanol–water partition coefficient (Wildman–Crippen LogP) is 2.38. The molecule has 4 heteroatoms. The minimum Gasteiger partial charge on any atom is -0.481 e. The first-order valence-electron chi connectivity index (χ1n) is 7.40. The molecule has 0 aromatic heterocycles. The molecule has 2 rings (SSSR count). The maximum Gasteiger partial charge on any atom is 0.305 e. The van der Waals surface area contributed by atoms with Crippen LogP contribution in [0.1, 0.15) is 46.5 Å². The number of morpholine rings is 1. The van der Waals surface area contributed by atoms with Crippen LogP contribution >= 0.6 is 0 Å². The maximum absolute atomic E-state index is 11.4. The van der Waals surface area contributed by atoms with Gasteiger partial charge in [0.1, 0.15) is 0 Å². The number of carboxylic acids is 1. The van der Waals surface area contributed by atoms with Gasteiger partial charge in [-0.2, -0.15) is 0 Å². The number of carboxylic acid groups (broad SMARTS) is 1. The van der Waals surface area contributed by atoms with Gasteiger partial charge in [0, 0.05) is 18.6 Å². The van der Waals surface area contributed by atoms with E-state index in [4.69, 9.17) is 4.74 Å². The molecule has 0 amide bonds. The number of hydrogen-bond donors (Lipinski definition) is 1. The van der Waals surface area contributed by atoms with Crippen molar-refractivity contribution in [3.63, 3.8) is 0 Å². The molecule has 0 spiro atoms. The molecule has 110 valence electrons. The standard InChI is InChI=1S/C15H27NO3/c1-12-10-14(2,3)4-5-15(12,11-13(17)18)16-6-8-19-9-7-16/h12H,4-11H2,1-3H3,(H,17,18). The lowest BCUT2D eigenvalue weighted by Gasteiger charge is -2.54. The van der Waals surface area contributed by atoms with Gasteiger partial charge in [0.15, 0.2) is 0 Å². The third kappa shape index (κ3) is 3.11. The Labute approximate surface area is 116 Å². The number of ether oxygens (including phenoxy) is 1. The van der Waals surface area contributed by atoms with Crippen LogP contribution in [0, 0.1) is 11.3 Å². The molecule has 0 aromatic rings. The summed E-state index contributed by atoms with van der Waals surface area (Å²) in [5.41, 5.74) is 0.179. The van der Waals surface area contributed by atoms with Crippen LogP contribution in [-0.4, -0.2) is 47.8 Å². The van der Waals surface area contributed by atoms with Crippen LogP contribution in [0.5, 0.6) is 0 Å². The summed E-state index contributed by atoms with van der Waals surface area (Å²) in [6.07, 6.45) is 3.48. The van der Waals surface area contributed by atoms with Gasteiger partial charge in [-0.15, -0.1) is 0 Å². The van der Waals surface area contributed by atoms with E-state index in [1.54, 1.807) is 0 Å². The van der Waals surface area contributed by atoms with Gasteiger partial charge in [0.25, 0.3) is 0 Å². The zero-order valence-electron chi connectivity index (χ0n) is 12.4. The fraction of sp³-hybridized carbons (Fsp3) is 0.933. The fourth-order valence-electron chi connectivity index (χ4n) is 4.04. The Morgan fingerprint density at radius 1 is 1.32 bits per heavy atom.